The average molecular weight is 368 g/mol. The third-order valence-corrected chi connectivity index (χ3v) is 5.77. The zero-order valence-corrected chi connectivity index (χ0v) is 15.2. The number of piperidine rings is 1. The van der Waals surface area contributed by atoms with Gasteiger partial charge in [-0.05, 0) is 50.6 Å². The van der Waals surface area contributed by atoms with Gasteiger partial charge < -0.3 is 15.5 Å². The molecule has 3 rings (SSSR count). The zero-order chi connectivity index (χ0) is 17.1. The molecule has 0 bridgehead atoms. The number of amides is 2. The molecule has 3 unspecified atom stereocenters. The number of benzene rings is 1. The Morgan fingerprint density at radius 1 is 1.33 bits per heavy atom. The lowest BCUT2D eigenvalue weighted by atomic mass is 10.0. The second-order valence-corrected chi connectivity index (χ2v) is 7.82. The van der Waals surface area contributed by atoms with Gasteiger partial charge in [0.15, 0.2) is 0 Å². The van der Waals surface area contributed by atoms with Crippen molar-refractivity contribution in [3.8, 4) is 0 Å². The smallest absolute Gasteiger partial charge is 0.255 e. The first kappa shape index (κ1) is 17.6. The standard InChI is InChI=1S/C17H22ClN3O2S/c1-11-8-14(6-7-19-11)20-16(22)15-9-24-10-21(15)17(23)12-2-4-13(18)5-3-12/h2-5,11,14-15,19H,6-10H2,1H3,(H,20,22). The Kier molecular flexibility index (Phi) is 5.69. The molecule has 2 heterocycles. The van der Waals surface area contributed by atoms with Crippen molar-refractivity contribution in [2.45, 2.75) is 37.9 Å². The summed E-state index contributed by atoms with van der Waals surface area (Å²) >= 11 is 7.49. The highest BCUT2D eigenvalue weighted by atomic mass is 35.5. The van der Waals surface area contributed by atoms with Gasteiger partial charge in [0.05, 0.1) is 5.88 Å². The van der Waals surface area contributed by atoms with E-state index in [0.717, 1.165) is 19.4 Å². The van der Waals surface area contributed by atoms with E-state index in [1.54, 1.807) is 40.9 Å². The van der Waals surface area contributed by atoms with Gasteiger partial charge in [-0.25, -0.2) is 0 Å². The first-order valence-corrected chi connectivity index (χ1v) is 9.76. The third kappa shape index (κ3) is 4.05. The predicted octanol–water partition coefficient (Wildman–Crippen LogP) is 2.11. The molecule has 0 aromatic heterocycles. The van der Waals surface area contributed by atoms with Gasteiger partial charge in [-0.2, -0.15) is 0 Å². The van der Waals surface area contributed by atoms with Crippen molar-refractivity contribution in [3.63, 3.8) is 0 Å². The van der Waals surface area contributed by atoms with E-state index in [9.17, 15) is 9.59 Å². The first-order valence-electron chi connectivity index (χ1n) is 8.22. The van der Waals surface area contributed by atoms with Crippen LogP contribution in [0, 0.1) is 0 Å². The minimum Gasteiger partial charge on any atom is -0.351 e. The Morgan fingerprint density at radius 2 is 2.08 bits per heavy atom. The molecule has 0 radical (unpaired) electrons. The van der Waals surface area contributed by atoms with Gasteiger partial charge in [0.25, 0.3) is 5.91 Å². The maximum absolute atomic E-state index is 12.7. The van der Waals surface area contributed by atoms with Crippen LogP contribution >= 0.6 is 23.4 Å². The average Bonchev–Trinajstić information content (AvgIpc) is 3.04. The van der Waals surface area contributed by atoms with Crippen LogP contribution in [0.25, 0.3) is 0 Å². The fourth-order valence-corrected chi connectivity index (χ4v) is 4.46. The number of rotatable bonds is 3. The van der Waals surface area contributed by atoms with E-state index in [-0.39, 0.29) is 17.9 Å². The summed E-state index contributed by atoms with van der Waals surface area (Å²) in [5.74, 6) is 1.03. The first-order chi connectivity index (χ1) is 11.5. The van der Waals surface area contributed by atoms with Crippen LogP contribution in [0.15, 0.2) is 24.3 Å². The molecule has 1 aromatic rings. The number of nitrogens with zero attached hydrogens (tertiary/aromatic N) is 1. The Bertz CT molecular complexity index is 610. The molecule has 7 heteroatoms. The second kappa shape index (κ2) is 7.76. The van der Waals surface area contributed by atoms with Crippen molar-refractivity contribution in [1.82, 2.24) is 15.5 Å². The second-order valence-electron chi connectivity index (χ2n) is 6.38. The summed E-state index contributed by atoms with van der Waals surface area (Å²) in [6, 6.07) is 7.00. The van der Waals surface area contributed by atoms with Crippen molar-refractivity contribution in [2.24, 2.45) is 0 Å². The van der Waals surface area contributed by atoms with Gasteiger partial charge in [0.1, 0.15) is 6.04 Å². The van der Waals surface area contributed by atoms with Crippen molar-refractivity contribution in [2.75, 3.05) is 18.2 Å². The molecule has 1 aromatic carbocycles. The van der Waals surface area contributed by atoms with E-state index < -0.39 is 6.04 Å². The largest absolute Gasteiger partial charge is 0.351 e. The van der Waals surface area contributed by atoms with Gasteiger partial charge in [-0.3, -0.25) is 9.59 Å². The molecule has 0 saturated carbocycles. The van der Waals surface area contributed by atoms with Gasteiger partial charge >= 0.3 is 0 Å². The van der Waals surface area contributed by atoms with Crippen LogP contribution in [-0.2, 0) is 4.79 Å². The SMILES string of the molecule is CC1CC(NC(=O)C2CSCN2C(=O)c2ccc(Cl)cc2)CCN1. The van der Waals surface area contributed by atoms with Crippen LogP contribution in [0.3, 0.4) is 0 Å². The summed E-state index contributed by atoms with van der Waals surface area (Å²) in [6.45, 7) is 3.04. The molecule has 0 spiro atoms. The molecular formula is C17H22ClN3O2S. The van der Waals surface area contributed by atoms with Crippen LogP contribution in [0.2, 0.25) is 5.02 Å². The van der Waals surface area contributed by atoms with E-state index in [0.29, 0.717) is 28.3 Å². The van der Waals surface area contributed by atoms with E-state index >= 15 is 0 Å². The molecular weight excluding hydrogens is 346 g/mol. The quantitative estimate of drug-likeness (QED) is 0.859. The maximum Gasteiger partial charge on any atom is 0.255 e. The zero-order valence-electron chi connectivity index (χ0n) is 13.6. The van der Waals surface area contributed by atoms with Crippen LogP contribution in [0.4, 0.5) is 0 Å². The molecule has 0 aliphatic carbocycles. The van der Waals surface area contributed by atoms with Crippen molar-refractivity contribution in [3.05, 3.63) is 34.9 Å². The number of thioether (sulfide) groups is 1. The lowest BCUT2D eigenvalue weighted by Gasteiger charge is -2.31. The summed E-state index contributed by atoms with van der Waals surface area (Å²) in [7, 11) is 0. The minimum absolute atomic E-state index is 0.0404. The molecule has 130 valence electrons. The number of nitrogens with one attached hydrogen (secondary N) is 2. The number of hydrogen-bond acceptors (Lipinski definition) is 4. The van der Waals surface area contributed by atoms with Crippen LogP contribution in [0.5, 0.6) is 0 Å². The summed E-state index contributed by atoms with van der Waals surface area (Å²) in [5.41, 5.74) is 0.565. The molecule has 2 aliphatic rings. The van der Waals surface area contributed by atoms with Crippen molar-refractivity contribution in [1.29, 1.82) is 0 Å². The molecule has 2 saturated heterocycles. The van der Waals surface area contributed by atoms with E-state index in [4.69, 9.17) is 11.6 Å². The maximum atomic E-state index is 12.7. The molecule has 2 aliphatic heterocycles. The minimum atomic E-state index is -0.400. The van der Waals surface area contributed by atoms with Crippen molar-refractivity contribution < 1.29 is 9.59 Å². The van der Waals surface area contributed by atoms with E-state index in [1.807, 2.05) is 0 Å². The highest BCUT2D eigenvalue weighted by Gasteiger charge is 2.36. The number of hydrogen-bond donors (Lipinski definition) is 2. The van der Waals surface area contributed by atoms with Crippen LogP contribution in [-0.4, -0.2) is 53.0 Å². The lowest BCUT2D eigenvalue weighted by Crippen LogP contribution is -2.53. The van der Waals surface area contributed by atoms with Gasteiger partial charge in [0.2, 0.25) is 5.91 Å². The van der Waals surface area contributed by atoms with Gasteiger partial charge in [0, 0.05) is 28.4 Å². The summed E-state index contributed by atoms with van der Waals surface area (Å²) in [4.78, 5) is 27.0. The fraction of sp³-hybridized carbons (Fsp3) is 0.529. The monoisotopic (exact) mass is 367 g/mol. The molecule has 5 nitrogen and oxygen atoms in total. The highest BCUT2D eigenvalue weighted by molar-refractivity contribution is 7.99. The molecule has 3 atom stereocenters. The van der Waals surface area contributed by atoms with Gasteiger partial charge in [-0.15, -0.1) is 11.8 Å². The number of carbonyl (C=O) groups excluding carboxylic acids is 2. The number of carbonyl (C=O) groups is 2. The molecule has 2 amide bonds. The van der Waals surface area contributed by atoms with Crippen LogP contribution < -0.4 is 10.6 Å². The van der Waals surface area contributed by atoms with Crippen molar-refractivity contribution >= 4 is 35.2 Å². The summed E-state index contributed by atoms with van der Waals surface area (Å²) in [5, 5.41) is 7.10. The lowest BCUT2D eigenvalue weighted by molar-refractivity contribution is -0.125. The third-order valence-electron chi connectivity index (χ3n) is 4.51. The fourth-order valence-electron chi connectivity index (χ4n) is 3.18. The van der Waals surface area contributed by atoms with Crippen LogP contribution in [0.1, 0.15) is 30.1 Å². The Morgan fingerprint density at radius 3 is 2.79 bits per heavy atom. The Hall–Kier alpha value is -1.24. The Balaban J connectivity index is 1.65. The predicted molar refractivity (Wildman–Crippen MR) is 97.4 cm³/mol. The summed E-state index contributed by atoms with van der Waals surface area (Å²) in [6.07, 6.45) is 1.86. The molecule has 2 N–H and O–H groups in total. The van der Waals surface area contributed by atoms with E-state index in [1.165, 1.54) is 0 Å². The highest BCUT2D eigenvalue weighted by Crippen LogP contribution is 2.24. The topological polar surface area (TPSA) is 61.4 Å². The summed E-state index contributed by atoms with van der Waals surface area (Å²) < 4.78 is 0. The molecule has 24 heavy (non-hydrogen) atoms. The van der Waals surface area contributed by atoms with E-state index in [2.05, 4.69) is 17.6 Å². The van der Waals surface area contributed by atoms with Gasteiger partial charge in [-0.1, -0.05) is 11.6 Å². The normalized spacial score (nSPS) is 27.1. The Labute approximate surface area is 151 Å². The number of halogens is 1. The molecule has 2 fully saturated rings.